The van der Waals surface area contributed by atoms with Crippen LogP contribution in [0.2, 0.25) is 0 Å². The SMILES string of the molecule is CC(C)CN(C)CCC1CS(=O)(=O)CCN1. The minimum Gasteiger partial charge on any atom is -0.312 e. The third-order valence-corrected chi connectivity index (χ3v) is 4.57. The van der Waals surface area contributed by atoms with Crippen LogP contribution in [0, 0.1) is 5.92 Å². The van der Waals surface area contributed by atoms with Crippen LogP contribution in [-0.4, -0.2) is 57.5 Å². The van der Waals surface area contributed by atoms with Crippen molar-refractivity contribution in [3.8, 4) is 0 Å². The Morgan fingerprint density at radius 2 is 2.12 bits per heavy atom. The van der Waals surface area contributed by atoms with Gasteiger partial charge in [0.15, 0.2) is 9.84 Å². The molecule has 1 saturated heterocycles. The Kier molecular flexibility index (Phi) is 5.21. The largest absolute Gasteiger partial charge is 0.312 e. The second-order valence-corrected chi connectivity index (χ2v) is 7.44. The molecule has 0 radical (unpaired) electrons. The number of rotatable bonds is 5. The Balaban J connectivity index is 2.27. The molecule has 1 fully saturated rings. The third kappa shape index (κ3) is 5.27. The average molecular weight is 248 g/mol. The van der Waals surface area contributed by atoms with Gasteiger partial charge in [0.2, 0.25) is 0 Å². The summed E-state index contributed by atoms with van der Waals surface area (Å²) in [6.07, 6.45) is 0.919. The van der Waals surface area contributed by atoms with E-state index in [1.165, 1.54) is 0 Å². The lowest BCUT2D eigenvalue weighted by atomic mass is 10.2. The zero-order chi connectivity index (χ0) is 12.2. The molecule has 0 aliphatic carbocycles. The Bertz CT molecular complexity index is 301. The van der Waals surface area contributed by atoms with E-state index in [4.69, 9.17) is 0 Å². The minimum absolute atomic E-state index is 0.147. The average Bonchev–Trinajstić information content (AvgIpc) is 2.12. The lowest BCUT2D eigenvalue weighted by Crippen LogP contribution is -2.46. The first kappa shape index (κ1) is 13.9. The van der Waals surface area contributed by atoms with Crippen LogP contribution < -0.4 is 5.32 Å². The normalized spacial score (nSPS) is 25.2. The van der Waals surface area contributed by atoms with Crippen LogP contribution in [0.3, 0.4) is 0 Å². The molecule has 0 spiro atoms. The number of nitrogens with zero attached hydrogens (tertiary/aromatic N) is 1. The van der Waals surface area contributed by atoms with Crippen LogP contribution in [0.5, 0.6) is 0 Å². The summed E-state index contributed by atoms with van der Waals surface area (Å²) in [6.45, 7) is 7.03. The molecule has 96 valence electrons. The summed E-state index contributed by atoms with van der Waals surface area (Å²) in [5.41, 5.74) is 0. The van der Waals surface area contributed by atoms with E-state index in [-0.39, 0.29) is 6.04 Å². The van der Waals surface area contributed by atoms with Gasteiger partial charge in [-0.1, -0.05) is 13.8 Å². The highest BCUT2D eigenvalue weighted by Crippen LogP contribution is 2.06. The Hall–Kier alpha value is -0.130. The summed E-state index contributed by atoms with van der Waals surface area (Å²) in [7, 11) is -0.689. The van der Waals surface area contributed by atoms with Crippen LogP contribution in [0.4, 0.5) is 0 Å². The van der Waals surface area contributed by atoms with E-state index in [0.29, 0.717) is 24.0 Å². The summed E-state index contributed by atoms with van der Waals surface area (Å²) < 4.78 is 22.9. The molecule has 1 aliphatic heterocycles. The number of hydrogen-bond donors (Lipinski definition) is 1. The fourth-order valence-corrected chi connectivity index (χ4v) is 3.64. The lowest BCUT2D eigenvalue weighted by molar-refractivity contribution is 0.279. The van der Waals surface area contributed by atoms with Gasteiger partial charge in [0, 0.05) is 19.1 Å². The lowest BCUT2D eigenvalue weighted by Gasteiger charge is -2.26. The van der Waals surface area contributed by atoms with Gasteiger partial charge in [-0.15, -0.1) is 0 Å². The standard InChI is InChI=1S/C11H24N2O2S/c1-10(2)8-13(3)6-4-11-9-16(14,15)7-5-12-11/h10-12H,4-9H2,1-3H3. The van der Waals surface area contributed by atoms with Gasteiger partial charge in [-0.05, 0) is 25.9 Å². The summed E-state index contributed by atoms with van der Waals surface area (Å²) in [5.74, 6) is 1.27. The first-order valence-electron chi connectivity index (χ1n) is 6.01. The Morgan fingerprint density at radius 1 is 1.44 bits per heavy atom. The molecule has 1 aliphatic rings. The van der Waals surface area contributed by atoms with Crippen LogP contribution >= 0.6 is 0 Å². The number of nitrogens with one attached hydrogen (secondary N) is 1. The fraction of sp³-hybridized carbons (Fsp3) is 1.00. The molecule has 1 N–H and O–H groups in total. The molecule has 0 bridgehead atoms. The molecule has 0 saturated carbocycles. The van der Waals surface area contributed by atoms with Gasteiger partial charge >= 0.3 is 0 Å². The summed E-state index contributed by atoms with van der Waals surface area (Å²) >= 11 is 0. The van der Waals surface area contributed by atoms with Crippen molar-refractivity contribution in [2.45, 2.75) is 26.3 Å². The molecule has 1 unspecified atom stereocenters. The maximum atomic E-state index is 11.4. The predicted molar refractivity (Wildman–Crippen MR) is 67.4 cm³/mol. The first-order chi connectivity index (χ1) is 7.39. The molecule has 1 atom stereocenters. The second-order valence-electron chi connectivity index (χ2n) is 5.21. The second kappa shape index (κ2) is 5.98. The Morgan fingerprint density at radius 3 is 2.69 bits per heavy atom. The Labute approximate surface area is 99.3 Å². The summed E-state index contributed by atoms with van der Waals surface area (Å²) in [5, 5.41) is 3.28. The van der Waals surface area contributed by atoms with Crippen molar-refractivity contribution in [3.05, 3.63) is 0 Å². The topological polar surface area (TPSA) is 49.4 Å². The van der Waals surface area contributed by atoms with Crippen LogP contribution in [-0.2, 0) is 9.84 Å². The van der Waals surface area contributed by atoms with Gasteiger partial charge in [-0.3, -0.25) is 0 Å². The number of hydrogen-bond acceptors (Lipinski definition) is 4. The quantitative estimate of drug-likeness (QED) is 0.763. The van der Waals surface area contributed by atoms with Gasteiger partial charge in [0.25, 0.3) is 0 Å². The van der Waals surface area contributed by atoms with E-state index < -0.39 is 9.84 Å². The summed E-state index contributed by atoms with van der Waals surface area (Å²) in [6, 6.07) is 0.147. The predicted octanol–water partition coefficient (Wildman–Crippen LogP) is 0.351. The highest BCUT2D eigenvalue weighted by atomic mass is 32.2. The van der Waals surface area contributed by atoms with Crippen LogP contribution in [0.15, 0.2) is 0 Å². The van der Waals surface area contributed by atoms with Crippen molar-refractivity contribution in [1.82, 2.24) is 10.2 Å². The zero-order valence-electron chi connectivity index (χ0n) is 10.6. The van der Waals surface area contributed by atoms with E-state index in [2.05, 4.69) is 31.1 Å². The number of sulfone groups is 1. The van der Waals surface area contributed by atoms with Crippen LogP contribution in [0.25, 0.3) is 0 Å². The van der Waals surface area contributed by atoms with Gasteiger partial charge in [0.1, 0.15) is 0 Å². The zero-order valence-corrected chi connectivity index (χ0v) is 11.4. The monoisotopic (exact) mass is 248 g/mol. The van der Waals surface area contributed by atoms with Crippen molar-refractivity contribution in [1.29, 1.82) is 0 Å². The molecule has 1 heterocycles. The van der Waals surface area contributed by atoms with Crippen molar-refractivity contribution >= 4 is 9.84 Å². The van der Waals surface area contributed by atoms with Crippen molar-refractivity contribution in [2.75, 3.05) is 38.2 Å². The molecule has 1 rings (SSSR count). The maximum absolute atomic E-state index is 11.4. The van der Waals surface area contributed by atoms with E-state index >= 15 is 0 Å². The van der Waals surface area contributed by atoms with Gasteiger partial charge in [-0.25, -0.2) is 8.42 Å². The molecule has 5 heteroatoms. The fourth-order valence-electron chi connectivity index (χ4n) is 2.14. The maximum Gasteiger partial charge on any atom is 0.153 e. The molecule has 0 aromatic rings. The van der Waals surface area contributed by atoms with Crippen LogP contribution in [0.1, 0.15) is 20.3 Å². The van der Waals surface area contributed by atoms with Crippen molar-refractivity contribution in [2.24, 2.45) is 5.92 Å². The molecule has 0 aromatic carbocycles. The molecular formula is C11H24N2O2S. The highest BCUT2D eigenvalue weighted by Gasteiger charge is 2.23. The van der Waals surface area contributed by atoms with Crippen molar-refractivity contribution in [3.63, 3.8) is 0 Å². The van der Waals surface area contributed by atoms with Gasteiger partial charge < -0.3 is 10.2 Å². The van der Waals surface area contributed by atoms with E-state index in [9.17, 15) is 8.42 Å². The molecule has 16 heavy (non-hydrogen) atoms. The first-order valence-corrected chi connectivity index (χ1v) is 7.83. The van der Waals surface area contributed by atoms with Gasteiger partial charge in [-0.2, -0.15) is 0 Å². The molecule has 4 nitrogen and oxygen atoms in total. The van der Waals surface area contributed by atoms with E-state index in [1.807, 2.05) is 0 Å². The summed E-state index contributed by atoms with van der Waals surface area (Å²) in [4.78, 5) is 2.27. The van der Waals surface area contributed by atoms with Gasteiger partial charge in [0.05, 0.1) is 11.5 Å². The van der Waals surface area contributed by atoms with Crippen molar-refractivity contribution < 1.29 is 8.42 Å². The minimum atomic E-state index is -2.78. The highest BCUT2D eigenvalue weighted by molar-refractivity contribution is 7.91. The van der Waals surface area contributed by atoms with E-state index in [1.54, 1.807) is 0 Å². The molecular weight excluding hydrogens is 224 g/mol. The third-order valence-electron chi connectivity index (χ3n) is 2.84. The smallest absolute Gasteiger partial charge is 0.153 e. The van der Waals surface area contributed by atoms with E-state index in [0.717, 1.165) is 19.5 Å². The molecule has 0 amide bonds. The molecule has 0 aromatic heterocycles.